The van der Waals surface area contributed by atoms with Gasteiger partial charge in [0, 0.05) is 10.9 Å². The molecule has 1 aromatic rings. The Morgan fingerprint density at radius 3 is 2.89 bits per heavy atom. The van der Waals surface area contributed by atoms with Gasteiger partial charge in [-0.05, 0) is 34.5 Å². The fourth-order valence-electron chi connectivity index (χ4n) is 1.65. The molecule has 0 radical (unpaired) electrons. The highest BCUT2D eigenvalue weighted by molar-refractivity contribution is 9.10. The average Bonchev–Trinajstić information content (AvgIpc) is 2.77. The molecule has 1 fully saturated rings. The van der Waals surface area contributed by atoms with Gasteiger partial charge in [-0.2, -0.15) is 0 Å². The molecule has 4 nitrogen and oxygen atoms in total. The molecule has 0 unspecified atom stereocenters. The minimum absolute atomic E-state index is 0.00523. The maximum atomic E-state index is 13.7. The van der Waals surface area contributed by atoms with Gasteiger partial charge in [-0.3, -0.25) is 9.59 Å². The lowest BCUT2D eigenvalue weighted by atomic mass is 10.2. The largest absolute Gasteiger partial charge is 0.344 e. The molecule has 2 amide bonds. The smallest absolute Gasteiger partial charge is 0.247 e. The molecule has 96 valence electrons. The van der Waals surface area contributed by atoms with Crippen molar-refractivity contribution >= 4 is 45.0 Å². The predicted molar refractivity (Wildman–Crippen MR) is 68.9 cm³/mol. The summed E-state index contributed by atoms with van der Waals surface area (Å²) >= 11 is 8.79. The molecule has 1 aliphatic rings. The van der Waals surface area contributed by atoms with Crippen molar-refractivity contribution in [3.05, 3.63) is 27.4 Å². The normalized spacial score (nSPS) is 18.6. The number of benzene rings is 1. The van der Waals surface area contributed by atoms with E-state index in [9.17, 15) is 14.0 Å². The van der Waals surface area contributed by atoms with E-state index >= 15 is 0 Å². The maximum absolute atomic E-state index is 13.7. The SMILES string of the molecule is O=C1CC[C@@H](C(=O)Nc2ccc(Br)c(Cl)c2F)N1. The van der Waals surface area contributed by atoms with Crippen LogP contribution >= 0.6 is 27.5 Å². The molecular weight excluding hydrogens is 326 g/mol. The van der Waals surface area contributed by atoms with Crippen LogP contribution in [-0.4, -0.2) is 17.9 Å². The molecule has 0 bridgehead atoms. The van der Waals surface area contributed by atoms with E-state index in [1.165, 1.54) is 12.1 Å². The zero-order valence-corrected chi connectivity index (χ0v) is 11.4. The topological polar surface area (TPSA) is 58.2 Å². The van der Waals surface area contributed by atoms with Gasteiger partial charge in [0.2, 0.25) is 11.8 Å². The summed E-state index contributed by atoms with van der Waals surface area (Å²) in [6.07, 6.45) is 0.720. The zero-order chi connectivity index (χ0) is 13.3. The molecule has 1 heterocycles. The van der Waals surface area contributed by atoms with Crippen LogP contribution in [0.1, 0.15) is 12.8 Å². The van der Waals surface area contributed by atoms with Crippen molar-refractivity contribution in [3.63, 3.8) is 0 Å². The Balaban J connectivity index is 2.12. The number of nitrogens with one attached hydrogen (secondary N) is 2. The van der Waals surface area contributed by atoms with Crippen LogP contribution in [0.2, 0.25) is 5.02 Å². The molecule has 18 heavy (non-hydrogen) atoms. The Bertz CT molecular complexity index is 524. The molecule has 1 aliphatic heterocycles. The lowest BCUT2D eigenvalue weighted by Crippen LogP contribution is -2.37. The third-order valence-corrected chi connectivity index (χ3v) is 3.86. The first-order valence-corrected chi connectivity index (χ1v) is 6.40. The zero-order valence-electron chi connectivity index (χ0n) is 9.10. The third kappa shape index (κ3) is 2.64. The van der Waals surface area contributed by atoms with Crippen molar-refractivity contribution < 1.29 is 14.0 Å². The first kappa shape index (κ1) is 13.3. The summed E-state index contributed by atoms with van der Waals surface area (Å²) < 4.78 is 14.1. The lowest BCUT2D eigenvalue weighted by Gasteiger charge is -2.12. The van der Waals surface area contributed by atoms with Crippen LogP contribution in [0.25, 0.3) is 0 Å². The average molecular weight is 336 g/mol. The summed E-state index contributed by atoms with van der Waals surface area (Å²) in [6, 6.07) is 2.33. The minimum atomic E-state index is -0.705. The van der Waals surface area contributed by atoms with Gasteiger partial charge in [-0.1, -0.05) is 11.6 Å². The second-order valence-corrected chi connectivity index (χ2v) is 5.10. The van der Waals surface area contributed by atoms with E-state index in [2.05, 4.69) is 26.6 Å². The summed E-state index contributed by atoms with van der Waals surface area (Å²) in [6.45, 7) is 0. The van der Waals surface area contributed by atoms with Crippen LogP contribution in [0.3, 0.4) is 0 Å². The molecule has 1 aromatic carbocycles. The van der Waals surface area contributed by atoms with Crippen molar-refractivity contribution in [2.45, 2.75) is 18.9 Å². The fourth-order valence-corrected chi connectivity index (χ4v) is 2.12. The van der Waals surface area contributed by atoms with E-state index in [1.807, 2.05) is 0 Å². The van der Waals surface area contributed by atoms with Gasteiger partial charge in [0.25, 0.3) is 0 Å². The number of halogens is 3. The number of carbonyl (C=O) groups is 2. The molecule has 0 aromatic heterocycles. The Kier molecular flexibility index (Phi) is 3.87. The molecule has 0 saturated carbocycles. The van der Waals surface area contributed by atoms with Crippen LogP contribution in [0.4, 0.5) is 10.1 Å². The number of amides is 2. The van der Waals surface area contributed by atoms with Crippen molar-refractivity contribution in [3.8, 4) is 0 Å². The monoisotopic (exact) mass is 334 g/mol. The van der Waals surface area contributed by atoms with Crippen LogP contribution in [0.5, 0.6) is 0 Å². The highest BCUT2D eigenvalue weighted by atomic mass is 79.9. The summed E-state index contributed by atoms with van der Waals surface area (Å²) in [5.74, 6) is -1.33. The summed E-state index contributed by atoms with van der Waals surface area (Å²) in [4.78, 5) is 22.7. The van der Waals surface area contributed by atoms with Gasteiger partial charge in [0.1, 0.15) is 6.04 Å². The van der Waals surface area contributed by atoms with Gasteiger partial charge >= 0.3 is 0 Å². The van der Waals surface area contributed by atoms with Crippen molar-refractivity contribution in [1.82, 2.24) is 5.32 Å². The van der Waals surface area contributed by atoms with Gasteiger partial charge in [0.05, 0.1) is 10.7 Å². The number of rotatable bonds is 2. The quantitative estimate of drug-likeness (QED) is 0.816. The molecule has 1 saturated heterocycles. The van der Waals surface area contributed by atoms with E-state index in [0.29, 0.717) is 17.3 Å². The second-order valence-electron chi connectivity index (χ2n) is 3.87. The fraction of sp³-hybridized carbons (Fsp3) is 0.273. The molecule has 2 N–H and O–H groups in total. The van der Waals surface area contributed by atoms with Gasteiger partial charge in [0.15, 0.2) is 5.82 Å². The standard InChI is InChI=1S/C11H9BrClFN2O2/c12-5-1-2-6(10(14)9(5)13)16-11(18)7-3-4-8(17)15-7/h1-2,7H,3-4H2,(H,15,17)(H,16,18)/t7-/m0/s1. The van der Waals surface area contributed by atoms with E-state index in [0.717, 1.165) is 0 Å². The first-order valence-electron chi connectivity index (χ1n) is 5.23. The number of hydrogen-bond acceptors (Lipinski definition) is 2. The molecule has 0 aliphatic carbocycles. The predicted octanol–water partition coefficient (Wildman–Crippen LogP) is 2.46. The van der Waals surface area contributed by atoms with Crippen molar-refractivity contribution in [2.75, 3.05) is 5.32 Å². The summed E-state index contributed by atoms with van der Waals surface area (Å²) in [5, 5.41) is 4.82. The highest BCUT2D eigenvalue weighted by Gasteiger charge is 2.27. The highest BCUT2D eigenvalue weighted by Crippen LogP contribution is 2.30. The molecule has 0 spiro atoms. The lowest BCUT2D eigenvalue weighted by molar-refractivity contribution is -0.122. The molecular formula is C11H9BrClFN2O2. The molecule has 1 atom stereocenters. The number of hydrogen-bond donors (Lipinski definition) is 2. The van der Waals surface area contributed by atoms with Crippen LogP contribution in [0, 0.1) is 5.82 Å². The van der Waals surface area contributed by atoms with Crippen molar-refractivity contribution in [2.24, 2.45) is 0 Å². The van der Waals surface area contributed by atoms with Gasteiger partial charge in [-0.15, -0.1) is 0 Å². The second kappa shape index (κ2) is 5.24. The van der Waals surface area contributed by atoms with Crippen LogP contribution < -0.4 is 10.6 Å². The Labute approximate surface area is 116 Å². The van der Waals surface area contributed by atoms with E-state index in [-0.39, 0.29) is 16.6 Å². The van der Waals surface area contributed by atoms with Crippen molar-refractivity contribution in [1.29, 1.82) is 0 Å². The van der Waals surface area contributed by atoms with Gasteiger partial charge in [-0.25, -0.2) is 4.39 Å². The van der Waals surface area contributed by atoms with E-state index in [1.54, 1.807) is 0 Å². The first-order chi connectivity index (χ1) is 8.49. The number of anilines is 1. The summed E-state index contributed by atoms with van der Waals surface area (Å²) in [5.41, 5.74) is -0.00523. The Hall–Kier alpha value is -1.14. The Morgan fingerprint density at radius 1 is 1.56 bits per heavy atom. The number of carbonyl (C=O) groups excluding carboxylic acids is 2. The van der Waals surface area contributed by atoms with Crippen LogP contribution in [-0.2, 0) is 9.59 Å². The van der Waals surface area contributed by atoms with E-state index in [4.69, 9.17) is 11.6 Å². The molecule has 7 heteroatoms. The maximum Gasteiger partial charge on any atom is 0.247 e. The molecule has 2 rings (SSSR count). The van der Waals surface area contributed by atoms with Crippen LogP contribution in [0.15, 0.2) is 16.6 Å². The summed E-state index contributed by atoms with van der Waals surface area (Å²) in [7, 11) is 0. The van der Waals surface area contributed by atoms with E-state index < -0.39 is 17.8 Å². The Morgan fingerprint density at radius 2 is 2.28 bits per heavy atom. The van der Waals surface area contributed by atoms with Gasteiger partial charge < -0.3 is 10.6 Å². The third-order valence-electron chi connectivity index (χ3n) is 2.60. The minimum Gasteiger partial charge on any atom is -0.344 e.